The van der Waals surface area contributed by atoms with Crippen molar-refractivity contribution in [2.24, 2.45) is 0 Å². The van der Waals surface area contributed by atoms with E-state index in [1.54, 1.807) is 0 Å². The fourth-order valence-corrected chi connectivity index (χ4v) is 4.95. The first-order chi connectivity index (χ1) is 14.2. The highest BCUT2D eigenvalue weighted by molar-refractivity contribution is 5.84. The van der Waals surface area contributed by atoms with Gasteiger partial charge >= 0.3 is 0 Å². The molecule has 1 N–H and O–H groups in total. The Kier molecular flexibility index (Phi) is 4.48. The first kappa shape index (κ1) is 18.1. The highest BCUT2D eigenvalue weighted by Crippen LogP contribution is 2.46. The van der Waals surface area contributed by atoms with Crippen LogP contribution in [0.15, 0.2) is 78.9 Å². The number of fused-ring (bicyclic) bond motifs is 3. The molecule has 0 unspecified atom stereocenters. The summed E-state index contributed by atoms with van der Waals surface area (Å²) in [6, 6.07) is 26.7. The summed E-state index contributed by atoms with van der Waals surface area (Å²) in [6.07, 6.45) is 1.65. The number of hydrogen-bond acceptors (Lipinski definition) is 2. The van der Waals surface area contributed by atoms with E-state index in [4.69, 9.17) is 0 Å². The lowest BCUT2D eigenvalue weighted by atomic mass is 9.84. The Bertz CT molecular complexity index is 990. The van der Waals surface area contributed by atoms with Crippen LogP contribution in [0.1, 0.15) is 41.9 Å². The van der Waals surface area contributed by atoms with E-state index in [2.05, 4.69) is 48.5 Å². The minimum absolute atomic E-state index is 0.116. The molecule has 1 fully saturated rings. The number of nitrogens with zero attached hydrogens (tertiary/aromatic N) is 1. The van der Waals surface area contributed by atoms with Crippen molar-refractivity contribution in [1.29, 1.82) is 0 Å². The Hall–Kier alpha value is -2.91. The number of rotatable bonds is 3. The minimum atomic E-state index is -0.829. The molecule has 2 aliphatic rings. The summed E-state index contributed by atoms with van der Waals surface area (Å²) in [6.45, 7) is 1.19. The van der Waals surface area contributed by atoms with Gasteiger partial charge < -0.3 is 10.0 Å². The number of carbonyl (C=O) groups excluding carboxylic acids is 1. The van der Waals surface area contributed by atoms with Crippen molar-refractivity contribution in [2.45, 2.75) is 30.8 Å². The van der Waals surface area contributed by atoms with Gasteiger partial charge in [0.15, 0.2) is 0 Å². The maximum atomic E-state index is 13.2. The predicted octanol–water partition coefficient (Wildman–Crippen LogP) is 4.70. The Morgan fingerprint density at radius 2 is 1.34 bits per heavy atom. The molecule has 29 heavy (non-hydrogen) atoms. The van der Waals surface area contributed by atoms with Crippen molar-refractivity contribution in [2.75, 3.05) is 13.1 Å². The monoisotopic (exact) mass is 383 g/mol. The molecule has 1 aliphatic carbocycles. The lowest BCUT2D eigenvalue weighted by molar-refractivity contribution is -0.136. The molecular formula is C26H25NO2. The quantitative estimate of drug-likeness (QED) is 0.712. The van der Waals surface area contributed by atoms with Crippen molar-refractivity contribution < 1.29 is 9.90 Å². The third-order valence-electron chi connectivity index (χ3n) is 6.60. The number of carbonyl (C=O) groups is 1. The van der Waals surface area contributed by atoms with Crippen LogP contribution in [-0.2, 0) is 10.4 Å². The number of aliphatic hydroxyl groups is 1. The second-order valence-electron chi connectivity index (χ2n) is 8.21. The molecule has 1 saturated heterocycles. The molecule has 0 aromatic heterocycles. The van der Waals surface area contributed by atoms with Crippen molar-refractivity contribution in [3.05, 3.63) is 95.6 Å². The number of piperidine rings is 1. The van der Waals surface area contributed by atoms with Crippen LogP contribution in [0, 0.1) is 0 Å². The van der Waals surface area contributed by atoms with Crippen LogP contribution in [-0.4, -0.2) is 29.0 Å². The lowest BCUT2D eigenvalue weighted by Crippen LogP contribution is -2.45. The molecule has 1 aliphatic heterocycles. The first-order valence-electron chi connectivity index (χ1n) is 10.4. The predicted molar refractivity (Wildman–Crippen MR) is 114 cm³/mol. The number of amides is 1. The van der Waals surface area contributed by atoms with Crippen molar-refractivity contribution in [3.8, 4) is 11.1 Å². The van der Waals surface area contributed by atoms with E-state index in [1.807, 2.05) is 35.2 Å². The summed E-state index contributed by atoms with van der Waals surface area (Å²) in [7, 11) is 0. The number of likely N-dealkylation sites (tertiary alicyclic amines) is 1. The molecule has 3 aromatic carbocycles. The van der Waals surface area contributed by atoms with Gasteiger partial charge in [-0.15, -0.1) is 0 Å². The molecular weight excluding hydrogens is 358 g/mol. The standard InChI is InChI=1S/C26H25NO2/c28-25(27-16-14-26(29,15-17-27)19-8-2-1-3-9-19)18-24-22-12-6-4-10-20(22)21-11-5-7-13-23(21)24/h1-13,24,29H,14-18H2. The molecule has 0 spiro atoms. The van der Waals surface area contributed by atoms with E-state index < -0.39 is 5.60 Å². The van der Waals surface area contributed by atoms with E-state index in [9.17, 15) is 9.90 Å². The summed E-state index contributed by atoms with van der Waals surface area (Å²) >= 11 is 0. The Morgan fingerprint density at radius 1 is 0.828 bits per heavy atom. The average molecular weight is 383 g/mol. The molecule has 3 aromatic rings. The Balaban J connectivity index is 1.32. The molecule has 5 rings (SSSR count). The smallest absolute Gasteiger partial charge is 0.223 e. The number of benzene rings is 3. The Morgan fingerprint density at radius 3 is 1.93 bits per heavy atom. The maximum absolute atomic E-state index is 13.2. The number of hydrogen-bond donors (Lipinski definition) is 1. The van der Waals surface area contributed by atoms with Crippen molar-refractivity contribution in [1.82, 2.24) is 4.90 Å². The van der Waals surface area contributed by atoms with E-state index in [1.165, 1.54) is 22.3 Å². The van der Waals surface area contributed by atoms with Crippen LogP contribution in [0.4, 0.5) is 0 Å². The van der Waals surface area contributed by atoms with Crippen LogP contribution in [0.2, 0.25) is 0 Å². The van der Waals surface area contributed by atoms with Crippen LogP contribution >= 0.6 is 0 Å². The van der Waals surface area contributed by atoms with Crippen LogP contribution in [0.5, 0.6) is 0 Å². The van der Waals surface area contributed by atoms with Crippen molar-refractivity contribution >= 4 is 5.91 Å². The van der Waals surface area contributed by atoms with Gasteiger partial charge in [0.25, 0.3) is 0 Å². The van der Waals surface area contributed by atoms with E-state index in [-0.39, 0.29) is 11.8 Å². The normalized spacial score (nSPS) is 17.6. The highest BCUT2D eigenvalue weighted by Gasteiger charge is 2.37. The summed E-state index contributed by atoms with van der Waals surface area (Å²) in [5.41, 5.74) is 5.12. The Labute approximate surface area is 171 Å². The summed E-state index contributed by atoms with van der Waals surface area (Å²) < 4.78 is 0. The van der Waals surface area contributed by atoms with Gasteiger partial charge in [0.1, 0.15) is 0 Å². The topological polar surface area (TPSA) is 40.5 Å². The molecule has 0 bridgehead atoms. The largest absolute Gasteiger partial charge is 0.385 e. The third kappa shape index (κ3) is 3.16. The van der Waals surface area contributed by atoms with Crippen LogP contribution in [0.25, 0.3) is 11.1 Å². The minimum Gasteiger partial charge on any atom is -0.385 e. The first-order valence-corrected chi connectivity index (χ1v) is 10.4. The van der Waals surface area contributed by atoms with Crippen molar-refractivity contribution in [3.63, 3.8) is 0 Å². The molecule has 146 valence electrons. The van der Waals surface area contributed by atoms with Gasteiger partial charge in [0.2, 0.25) is 5.91 Å². The van der Waals surface area contributed by atoms with E-state index >= 15 is 0 Å². The second-order valence-corrected chi connectivity index (χ2v) is 8.21. The third-order valence-corrected chi connectivity index (χ3v) is 6.60. The van der Waals surface area contributed by atoms with Gasteiger partial charge in [-0.2, -0.15) is 0 Å². The zero-order chi connectivity index (χ0) is 19.8. The molecule has 1 amide bonds. The second kappa shape index (κ2) is 7.16. The van der Waals surface area contributed by atoms with Gasteiger partial charge in [0.05, 0.1) is 5.60 Å². The lowest BCUT2D eigenvalue weighted by Gasteiger charge is -2.39. The molecule has 0 saturated carbocycles. The zero-order valence-electron chi connectivity index (χ0n) is 16.4. The summed E-state index contributed by atoms with van der Waals surface area (Å²) in [5, 5.41) is 11.0. The SMILES string of the molecule is O=C(CC1c2ccccc2-c2ccccc21)N1CCC(O)(c2ccccc2)CC1. The van der Waals surface area contributed by atoms with Crippen LogP contribution < -0.4 is 0 Å². The fourth-order valence-electron chi connectivity index (χ4n) is 4.95. The van der Waals surface area contributed by atoms with Gasteiger partial charge in [-0.25, -0.2) is 0 Å². The molecule has 3 nitrogen and oxygen atoms in total. The molecule has 0 radical (unpaired) electrons. The van der Waals surface area contributed by atoms with Gasteiger partial charge in [-0.3, -0.25) is 4.79 Å². The van der Waals surface area contributed by atoms with Gasteiger partial charge in [-0.1, -0.05) is 78.9 Å². The van der Waals surface area contributed by atoms with E-state index in [0.29, 0.717) is 32.4 Å². The molecule has 0 atom stereocenters. The van der Waals surface area contributed by atoms with Gasteiger partial charge in [-0.05, 0) is 40.7 Å². The van der Waals surface area contributed by atoms with Gasteiger partial charge in [0, 0.05) is 25.4 Å². The average Bonchev–Trinajstić information content (AvgIpc) is 3.09. The molecule has 3 heteroatoms. The summed E-state index contributed by atoms with van der Waals surface area (Å²) in [5.74, 6) is 0.293. The fraction of sp³-hybridized carbons (Fsp3) is 0.269. The molecule has 1 heterocycles. The summed E-state index contributed by atoms with van der Waals surface area (Å²) in [4.78, 5) is 15.1. The van der Waals surface area contributed by atoms with Crippen LogP contribution in [0.3, 0.4) is 0 Å². The zero-order valence-corrected chi connectivity index (χ0v) is 16.4. The highest BCUT2D eigenvalue weighted by atomic mass is 16.3. The van der Waals surface area contributed by atoms with E-state index in [0.717, 1.165) is 5.56 Å². The maximum Gasteiger partial charge on any atom is 0.223 e.